The summed E-state index contributed by atoms with van der Waals surface area (Å²) >= 11 is 0. The summed E-state index contributed by atoms with van der Waals surface area (Å²) in [5.74, 6) is 0. The molecule has 1 heteroatoms. The molecule has 0 bridgehead atoms. The van der Waals surface area contributed by atoms with Crippen molar-refractivity contribution >= 4 is 22.9 Å². The molecule has 5 aromatic rings. The number of fused-ring (bicyclic) bond motifs is 1. The maximum atomic E-state index is 5.18. The van der Waals surface area contributed by atoms with Crippen molar-refractivity contribution in [1.29, 1.82) is 0 Å². The zero-order valence-corrected chi connectivity index (χ0v) is 16.6. The van der Waals surface area contributed by atoms with E-state index in [-0.39, 0.29) is 0 Å². The molecule has 0 amide bonds. The smallest absolute Gasteiger partial charge is 0.0794 e. The van der Waals surface area contributed by atoms with Gasteiger partial charge in [-0.15, -0.1) is 0 Å². The van der Waals surface area contributed by atoms with Crippen LogP contribution in [0, 0.1) is 0 Å². The Morgan fingerprint density at radius 2 is 1.00 bits per heavy atom. The molecule has 0 aliphatic carbocycles. The molecule has 0 saturated carbocycles. The van der Waals surface area contributed by atoms with Crippen LogP contribution in [0.5, 0.6) is 0 Å². The summed E-state index contributed by atoms with van der Waals surface area (Å²) in [5.41, 5.74) is 6.63. The van der Waals surface area contributed by atoms with Gasteiger partial charge in [0.15, 0.2) is 0 Å². The van der Waals surface area contributed by atoms with Gasteiger partial charge in [-0.25, -0.2) is 4.98 Å². The van der Waals surface area contributed by atoms with Gasteiger partial charge in [0.25, 0.3) is 0 Å². The van der Waals surface area contributed by atoms with Crippen LogP contribution in [-0.4, -0.2) is 4.98 Å². The van der Waals surface area contributed by atoms with Gasteiger partial charge in [0, 0.05) is 16.5 Å². The third kappa shape index (κ3) is 3.54. The summed E-state index contributed by atoms with van der Waals surface area (Å²) < 4.78 is 0. The lowest BCUT2D eigenvalue weighted by Gasteiger charge is -2.15. The normalized spacial score (nSPS) is 11.2. The number of benzene rings is 4. The molecule has 0 radical (unpaired) electrons. The van der Waals surface area contributed by atoms with Crippen molar-refractivity contribution in [3.05, 3.63) is 127 Å². The van der Waals surface area contributed by atoms with E-state index in [2.05, 4.69) is 115 Å². The van der Waals surface area contributed by atoms with Gasteiger partial charge in [0.2, 0.25) is 0 Å². The first kappa shape index (κ1) is 18.1. The Morgan fingerprint density at radius 3 is 1.67 bits per heavy atom. The largest absolute Gasteiger partial charge is 0.247 e. The highest BCUT2D eigenvalue weighted by atomic mass is 14.7. The van der Waals surface area contributed by atoms with Crippen molar-refractivity contribution < 1.29 is 0 Å². The molecule has 0 N–H and O–H groups in total. The average molecular weight is 383 g/mol. The van der Waals surface area contributed by atoms with Crippen molar-refractivity contribution in [1.82, 2.24) is 4.98 Å². The number of aromatic nitrogens is 1. The maximum Gasteiger partial charge on any atom is 0.0794 e. The second-order valence-corrected chi connectivity index (χ2v) is 7.24. The first-order valence-corrected chi connectivity index (χ1v) is 10.2. The summed E-state index contributed by atoms with van der Waals surface area (Å²) in [6.07, 6.45) is 4.25. The summed E-state index contributed by atoms with van der Waals surface area (Å²) in [4.78, 5) is 5.18. The molecule has 0 aliphatic heterocycles. The molecular formula is C29H21N. The van der Waals surface area contributed by atoms with Crippen molar-refractivity contribution in [2.24, 2.45) is 0 Å². The Kier molecular flexibility index (Phi) is 4.93. The molecule has 0 fully saturated rings. The van der Waals surface area contributed by atoms with E-state index in [1.807, 2.05) is 12.1 Å². The summed E-state index contributed by atoms with van der Waals surface area (Å²) in [7, 11) is 0. The number of hydrogen-bond acceptors (Lipinski definition) is 1. The quantitative estimate of drug-likeness (QED) is 0.309. The fourth-order valence-electron chi connectivity index (χ4n) is 3.86. The Morgan fingerprint density at radius 1 is 0.467 bits per heavy atom. The topological polar surface area (TPSA) is 12.9 Å². The molecule has 0 saturated heterocycles. The van der Waals surface area contributed by atoms with E-state index in [4.69, 9.17) is 4.98 Å². The summed E-state index contributed by atoms with van der Waals surface area (Å²) in [6, 6.07) is 39.9. The average Bonchev–Trinajstić information content (AvgIpc) is 2.84. The van der Waals surface area contributed by atoms with E-state index >= 15 is 0 Å². The minimum atomic E-state index is 0.980. The highest BCUT2D eigenvalue weighted by Gasteiger charge is 2.15. The molecule has 1 heterocycles. The molecule has 0 aliphatic rings. The Bertz CT molecular complexity index is 1300. The summed E-state index contributed by atoms with van der Waals surface area (Å²) in [5, 5.41) is 2.37. The van der Waals surface area contributed by atoms with Crippen molar-refractivity contribution in [3.63, 3.8) is 0 Å². The number of pyridine rings is 1. The van der Waals surface area contributed by atoms with Crippen LogP contribution in [0.25, 0.3) is 45.3 Å². The predicted molar refractivity (Wildman–Crippen MR) is 128 cm³/mol. The van der Waals surface area contributed by atoms with Gasteiger partial charge in [-0.05, 0) is 22.6 Å². The van der Waals surface area contributed by atoms with Crippen LogP contribution in [0.1, 0.15) is 11.3 Å². The van der Waals surface area contributed by atoms with Gasteiger partial charge in [-0.3, -0.25) is 0 Å². The Labute approximate surface area is 177 Å². The van der Waals surface area contributed by atoms with Gasteiger partial charge < -0.3 is 0 Å². The zero-order chi connectivity index (χ0) is 20.2. The first-order chi connectivity index (χ1) is 14.9. The lowest BCUT2D eigenvalue weighted by molar-refractivity contribution is 1.33. The minimum absolute atomic E-state index is 0.980. The van der Waals surface area contributed by atoms with Gasteiger partial charge in [-0.2, -0.15) is 0 Å². The monoisotopic (exact) mass is 383 g/mol. The van der Waals surface area contributed by atoms with E-state index in [9.17, 15) is 0 Å². The molecule has 0 spiro atoms. The third-order valence-electron chi connectivity index (χ3n) is 5.28. The molecule has 30 heavy (non-hydrogen) atoms. The zero-order valence-electron chi connectivity index (χ0n) is 16.6. The number of nitrogens with zero attached hydrogens (tertiary/aromatic N) is 1. The summed E-state index contributed by atoms with van der Waals surface area (Å²) in [6.45, 7) is 0. The molecule has 0 atom stereocenters. The lowest BCUT2D eigenvalue weighted by atomic mass is 9.93. The molecule has 5 rings (SSSR count). The van der Waals surface area contributed by atoms with E-state index in [1.165, 1.54) is 16.5 Å². The van der Waals surface area contributed by atoms with Gasteiger partial charge in [0.1, 0.15) is 0 Å². The van der Waals surface area contributed by atoms with Crippen LogP contribution in [0.2, 0.25) is 0 Å². The molecule has 0 unspecified atom stereocenters. The Balaban J connectivity index is 1.80. The maximum absolute atomic E-state index is 5.18. The molecule has 1 aromatic heterocycles. The van der Waals surface area contributed by atoms with Gasteiger partial charge >= 0.3 is 0 Å². The Hall–Kier alpha value is -3.97. The van der Waals surface area contributed by atoms with Crippen molar-refractivity contribution in [2.75, 3.05) is 0 Å². The SMILES string of the molecule is C(=C\c1nc(-c2ccccc2)c(-c2ccccc2)c2ccccc12)/c1ccccc1. The minimum Gasteiger partial charge on any atom is -0.247 e. The molecular weight excluding hydrogens is 362 g/mol. The van der Waals surface area contributed by atoms with Crippen LogP contribution in [0.15, 0.2) is 115 Å². The standard InChI is InChI=1S/C29H21N/c1-4-12-22(13-5-1)20-21-27-25-18-10-11-19-26(25)28(23-14-6-2-7-15-23)29(30-27)24-16-8-3-9-17-24/h1-21H/b21-20+. The first-order valence-electron chi connectivity index (χ1n) is 10.2. The second kappa shape index (κ2) is 8.18. The molecule has 1 nitrogen and oxygen atoms in total. The van der Waals surface area contributed by atoms with Crippen LogP contribution < -0.4 is 0 Å². The predicted octanol–water partition coefficient (Wildman–Crippen LogP) is 7.74. The molecule has 142 valence electrons. The fourth-order valence-corrected chi connectivity index (χ4v) is 3.86. The van der Waals surface area contributed by atoms with Gasteiger partial charge in [-0.1, -0.05) is 121 Å². The second-order valence-electron chi connectivity index (χ2n) is 7.24. The van der Waals surface area contributed by atoms with E-state index in [1.54, 1.807) is 0 Å². The van der Waals surface area contributed by atoms with E-state index in [0.717, 1.165) is 27.9 Å². The van der Waals surface area contributed by atoms with Crippen LogP contribution in [0.3, 0.4) is 0 Å². The van der Waals surface area contributed by atoms with Crippen LogP contribution >= 0.6 is 0 Å². The van der Waals surface area contributed by atoms with Crippen molar-refractivity contribution in [2.45, 2.75) is 0 Å². The number of rotatable bonds is 4. The van der Waals surface area contributed by atoms with E-state index < -0.39 is 0 Å². The lowest BCUT2D eigenvalue weighted by Crippen LogP contribution is -1.95. The third-order valence-corrected chi connectivity index (χ3v) is 5.28. The molecule has 4 aromatic carbocycles. The van der Waals surface area contributed by atoms with Gasteiger partial charge in [0.05, 0.1) is 11.4 Å². The fraction of sp³-hybridized carbons (Fsp3) is 0. The van der Waals surface area contributed by atoms with Crippen LogP contribution in [0.4, 0.5) is 0 Å². The highest BCUT2D eigenvalue weighted by Crippen LogP contribution is 2.38. The number of hydrogen-bond donors (Lipinski definition) is 0. The highest BCUT2D eigenvalue weighted by molar-refractivity contribution is 6.06. The van der Waals surface area contributed by atoms with Crippen LogP contribution in [-0.2, 0) is 0 Å². The van der Waals surface area contributed by atoms with E-state index in [0.29, 0.717) is 0 Å². The van der Waals surface area contributed by atoms with Crippen molar-refractivity contribution in [3.8, 4) is 22.4 Å².